The van der Waals surface area contributed by atoms with Crippen molar-refractivity contribution in [3.05, 3.63) is 46.4 Å². The molecule has 0 aliphatic rings. The van der Waals surface area contributed by atoms with Crippen molar-refractivity contribution in [2.75, 3.05) is 0 Å². The number of aromatic nitrogens is 4. The number of pyridine rings is 1. The third-order valence-corrected chi connectivity index (χ3v) is 2.31. The maximum Gasteiger partial charge on any atom is 0.345 e. The van der Waals surface area contributed by atoms with E-state index in [0.29, 0.717) is 13.1 Å². The highest BCUT2D eigenvalue weighted by Gasteiger charge is 2.03. The molecule has 6 heteroatoms. The quantitative estimate of drug-likeness (QED) is 0.753. The Balaban J connectivity index is 2.27. The van der Waals surface area contributed by atoms with Crippen molar-refractivity contribution in [3.8, 4) is 0 Å². The summed E-state index contributed by atoms with van der Waals surface area (Å²) in [5.74, 6) is 0. The van der Waals surface area contributed by atoms with Crippen LogP contribution in [0.3, 0.4) is 0 Å². The van der Waals surface area contributed by atoms with Crippen molar-refractivity contribution in [2.24, 2.45) is 12.8 Å². The molecule has 2 aromatic heterocycles. The van der Waals surface area contributed by atoms with Crippen LogP contribution in [-0.4, -0.2) is 19.3 Å². The van der Waals surface area contributed by atoms with Gasteiger partial charge in [0.2, 0.25) is 0 Å². The van der Waals surface area contributed by atoms with E-state index in [1.807, 2.05) is 12.1 Å². The molecule has 0 radical (unpaired) electrons. The minimum Gasteiger partial charge on any atom is -0.325 e. The molecule has 0 unspecified atom stereocenters. The summed E-state index contributed by atoms with van der Waals surface area (Å²) in [5.41, 5.74) is 7.14. The van der Waals surface area contributed by atoms with Gasteiger partial charge in [0.1, 0.15) is 6.33 Å². The molecule has 0 bridgehead atoms. The molecule has 2 N–H and O–H groups in total. The molecule has 2 heterocycles. The Bertz CT molecular complexity index is 542. The molecular weight excluding hydrogens is 206 g/mol. The topological polar surface area (TPSA) is 78.7 Å². The molecule has 84 valence electrons. The Morgan fingerprint density at radius 2 is 2.31 bits per heavy atom. The van der Waals surface area contributed by atoms with Crippen molar-refractivity contribution in [2.45, 2.75) is 13.1 Å². The SMILES string of the molecule is Cn1cnn(Cc2ccnc(CN)c2)c1=O. The molecule has 0 saturated carbocycles. The standard InChI is InChI=1S/C10H13N5O/c1-14-7-13-15(10(14)16)6-8-2-3-12-9(4-8)5-11/h2-4,7H,5-6,11H2,1H3. The van der Waals surface area contributed by atoms with Crippen molar-refractivity contribution in [1.29, 1.82) is 0 Å². The normalized spacial score (nSPS) is 10.6. The summed E-state index contributed by atoms with van der Waals surface area (Å²) in [6, 6.07) is 3.72. The van der Waals surface area contributed by atoms with Crippen LogP contribution in [-0.2, 0) is 20.1 Å². The van der Waals surface area contributed by atoms with Gasteiger partial charge in [-0.2, -0.15) is 5.10 Å². The zero-order chi connectivity index (χ0) is 11.5. The number of hydrogen-bond acceptors (Lipinski definition) is 4. The van der Waals surface area contributed by atoms with Crippen LogP contribution in [0.1, 0.15) is 11.3 Å². The number of aryl methyl sites for hydroxylation is 1. The van der Waals surface area contributed by atoms with E-state index in [1.54, 1.807) is 13.2 Å². The van der Waals surface area contributed by atoms with Crippen LogP contribution in [0.4, 0.5) is 0 Å². The molecule has 2 rings (SSSR count). The van der Waals surface area contributed by atoms with Crippen LogP contribution in [0.25, 0.3) is 0 Å². The number of nitrogens with zero attached hydrogens (tertiary/aromatic N) is 4. The highest BCUT2D eigenvalue weighted by Crippen LogP contribution is 2.02. The Morgan fingerprint density at radius 1 is 1.50 bits per heavy atom. The number of nitrogens with two attached hydrogens (primary N) is 1. The number of hydrogen-bond donors (Lipinski definition) is 1. The fraction of sp³-hybridized carbons (Fsp3) is 0.300. The molecule has 0 aliphatic carbocycles. The van der Waals surface area contributed by atoms with Crippen LogP contribution in [0.2, 0.25) is 0 Å². The summed E-state index contributed by atoms with van der Waals surface area (Å²) in [4.78, 5) is 15.6. The summed E-state index contributed by atoms with van der Waals surface area (Å²) < 4.78 is 2.83. The van der Waals surface area contributed by atoms with Crippen LogP contribution < -0.4 is 11.4 Å². The van der Waals surface area contributed by atoms with Gasteiger partial charge in [-0.15, -0.1) is 0 Å². The van der Waals surface area contributed by atoms with Crippen molar-refractivity contribution < 1.29 is 0 Å². The molecule has 2 aromatic rings. The van der Waals surface area contributed by atoms with E-state index in [0.717, 1.165) is 11.3 Å². The second-order valence-corrected chi connectivity index (χ2v) is 3.54. The lowest BCUT2D eigenvalue weighted by Gasteiger charge is -2.02. The zero-order valence-electron chi connectivity index (χ0n) is 9.00. The first kappa shape index (κ1) is 10.6. The fourth-order valence-corrected chi connectivity index (χ4v) is 1.44. The Morgan fingerprint density at radius 3 is 2.94 bits per heavy atom. The molecule has 0 fully saturated rings. The number of rotatable bonds is 3. The molecule has 0 saturated heterocycles. The lowest BCUT2D eigenvalue weighted by Crippen LogP contribution is -2.23. The molecule has 0 amide bonds. The van der Waals surface area contributed by atoms with Gasteiger partial charge < -0.3 is 5.73 Å². The summed E-state index contributed by atoms with van der Waals surface area (Å²) in [7, 11) is 1.67. The third-order valence-electron chi connectivity index (χ3n) is 2.31. The molecule has 6 nitrogen and oxygen atoms in total. The largest absolute Gasteiger partial charge is 0.345 e. The first-order valence-corrected chi connectivity index (χ1v) is 4.93. The van der Waals surface area contributed by atoms with E-state index in [4.69, 9.17) is 5.73 Å². The molecule has 0 atom stereocenters. The van der Waals surface area contributed by atoms with Crippen LogP contribution >= 0.6 is 0 Å². The minimum absolute atomic E-state index is 0.133. The van der Waals surface area contributed by atoms with Gasteiger partial charge in [-0.05, 0) is 17.7 Å². The van der Waals surface area contributed by atoms with Crippen molar-refractivity contribution in [3.63, 3.8) is 0 Å². The van der Waals surface area contributed by atoms with Gasteiger partial charge in [-0.3, -0.25) is 9.55 Å². The maximum absolute atomic E-state index is 11.6. The van der Waals surface area contributed by atoms with E-state index < -0.39 is 0 Å². The molecule has 0 spiro atoms. The van der Waals surface area contributed by atoms with Crippen LogP contribution in [0, 0.1) is 0 Å². The average Bonchev–Trinajstić information content (AvgIpc) is 2.61. The lowest BCUT2D eigenvalue weighted by atomic mass is 10.2. The minimum atomic E-state index is -0.133. The van der Waals surface area contributed by atoms with E-state index in [9.17, 15) is 4.79 Å². The van der Waals surface area contributed by atoms with Gasteiger partial charge in [0, 0.05) is 19.8 Å². The molecule has 0 aliphatic heterocycles. The first-order valence-electron chi connectivity index (χ1n) is 4.93. The molecule has 0 aromatic carbocycles. The highest BCUT2D eigenvalue weighted by atomic mass is 16.2. The molecule has 16 heavy (non-hydrogen) atoms. The van der Waals surface area contributed by atoms with Crippen molar-refractivity contribution >= 4 is 0 Å². The lowest BCUT2D eigenvalue weighted by molar-refractivity contribution is 0.645. The zero-order valence-corrected chi connectivity index (χ0v) is 9.00. The van der Waals surface area contributed by atoms with Gasteiger partial charge >= 0.3 is 5.69 Å². The predicted molar refractivity (Wildman–Crippen MR) is 58.7 cm³/mol. The Labute approximate surface area is 92.3 Å². The molecular formula is C10H13N5O. The van der Waals surface area contributed by atoms with E-state index >= 15 is 0 Å². The van der Waals surface area contributed by atoms with Gasteiger partial charge in [0.25, 0.3) is 0 Å². The third kappa shape index (κ3) is 2.01. The second-order valence-electron chi connectivity index (χ2n) is 3.54. The summed E-state index contributed by atoms with van der Waals surface area (Å²) in [6.45, 7) is 0.833. The van der Waals surface area contributed by atoms with Gasteiger partial charge in [0.15, 0.2) is 0 Å². The monoisotopic (exact) mass is 219 g/mol. The summed E-state index contributed by atoms with van der Waals surface area (Å²) >= 11 is 0. The summed E-state index contributed by atoms with van der Waals surface area (Å²) in [5, 5.41) is 3.98. The van der Waals surface area contributed by atoms with Crippen LogP contribution in [0.15, 0.2) is 29.5 Å². The van der Waals surface area contributed by atoms with Crippen molar-refractivity contribution in [1.82, 2.24) is 19.3 Å². The smallest absolute Gasteiger partial charge is 0.325 e. The maximum atomic E-state index is 11.6. The Hall–Kier alpha value is -1.95. The van der Waals surface area contributed by atoms with Crippen LogP contribution in [0.5, 0.6) is 0 Å². The first-order chi connectivity index (χ1) is 7.70. The van der Waals surface area contributed by atoms with E-state index in [-0.39, 0.29) is 5.69 Å². The second kappa shape index (κ2) is 4.28. The predicted octanol–water partition coefficient (Wildman–Crippen LogP) is -0.516. The van der Waals surface area contributed by atoms with Gasteiger partial charge in [-0.25, -0.2) is 9.48 Å². The Kier molecular flexibility index (Phi) is 2.82. The fourth-order valence-electron chi connectivity index (χ4n) is 1.44. The highest BCUT2D eigenvalue weighted by molar-refractivity contribution is 5.16. The van der Waals surface area contributed by atoms with Gasteiger partial charge in [-0.1, -0.05) is 0 Å². The van der Waals surface area contributed by atoms with E-state index in [1.165, 1.54) is 15.6 Å². The summed E-state index contributed by atoms with van der Waals surface area (Å²) in [6.07, 6.45) is 3.18. The van der Waals surface area contributed by atoms with E-state index in [2.05, 4.69) is 10.1 Å². The van der Waals surface area contributed by atoms with Gasteiger partial charge in [0.05, 0.1) is 12.2 Å². The average molecular weight is 219 g/mol.